The van der Waals surface area contributed by atoms with Crippen LogP contribution in [0.5, 0.6) is 0 Å². The molecule has 1 aromatic heterocycles. The molecule has 0 bridgehead atoms. The van der Waals surface area contributed by atoms with Gasteiger partial charge in [-0.25, -0.2) is 9.97 Å². The predicted molar refractivity (Wildman–Crippen MR) is 80.4 cm³/mol. The van der Waals surface area contributed by atoms with Crippen molar-refractivity contribution in [3.63, 3.8) is 0 Å². The SMILES string of the molecule is CCOC1(c2ncc(CC(N)CC)cn2)CCCCC1. The van der Waals surface area contributed by atoms with Crippen LogP contribution in [0, 0.1) is 0 Å². The first-order valence-electron chi connectivity index (χ1n) is 7.91. The van der Waals surface area contributed by atoms with Crippen molar-refractivity contribution in [2.24, 2.45) is 5.73 Å². The maximum atomic E-state index is 6.05. The Morgan fingerprint density at radius 2 is 1.85 bits per heavy atom. The van der Waals surface area contributed by atoms with E-state index in [9.17, 15) is 0 Å². The first-order chi connectivity index (χ1) is 9.70. The van der Waals surface area contributed by atoms with Crippen molar-refractivity contribution in [2.75, 3.05) is 6.61 Å². The molecule has 0 spiro atoms. The molecular formula is C16H27N3O. The molecule has 0 radical (unpaired) electrons. The molecule has 1 aliphatic rings. The van der Waals surface area contributed by atoms with Gasteiger partial charge in [-0.2, -0.15) is 0 Å². The summed E-state index contributed by atoms with van der Waals surface area (Å²) in [6.07, 6.45) is 11.4. The van der Waals surface area contributed by atoms with Gasteiger partial charge in [0.15, 0.2) is 5.82 Å². The van der Waals surface area contributed by atoms with Gasteiger partial charge in [0.05, 0.1) is 0 Å². The third-order valence-electron chi connectivity index (χ3n) is 4.22. The van der Waals surface area contributed by atoms with E-state index < -0.39 is 0 Å². The van der Waals surface area contributed by atoms with Crippen molar-refractivity contribution < 1.29 is 4.74 Å². The Morgan fingerprint density at radius 1 is 1.20 bits per heavy atom. The van der Waals surface area contributed by atoms with E-state index in [2.05, 4.69) is 16.9 Å². The molecule has 1 atom stereocenters. The zero-order valence-electron chi connectivity index (χ0n) is 12.8. The van der Waals surface area contributed by atoms with Gasteiger partial charge in [0, 0.05) is 25.0 Å². The average Bonchev–Trinajstić information content (AvgIpc) is 2.49. The zero-order chi connectivity index (χ0) is 14.4. The van der Waals surface area contributed by atoms with Crippen LogP contribution in [0.2, 0.25) is 0 Å². The lowest BCUT2D eigenvalue weighted by molar-refractivity contribution is -0.0767. The van der Waals surface area contributed by atoms with Gasteiger partial charge in [0.1, 0.15) is 5.60 Å². The van der Waals surface area contributed by atoms with Gasteiger partial charge in [0.2, 0.25) is 0 Å². The molecule has 1 fully saturated rings. The zero-order valence-corrected chi connectivity index (χ0v) is 12.8. The molecule has 2 rings (SSSR count). The minimum Gasteiger partial charge on any atom is -0.367 e. The normalized spacial score (nSPS) is 19.8. The van der Waals surface area contributed by atoms with Crippen LogP contribution in [0.4, 0.5) is 0 Å². The fourth-order valence-electron chi connectivity index (χ4n) is 2.97. The number of rotatable bonds is 6. The minimum atomic E-state index is -0.252. The molecule has 1 heterocycles. The monoisotopic (exact) mass is 277 g/mol. The van der Waals surface area contributed by atoms with Crippen molar-refractivity contribution >= 4 is 0 Å². The molecule has 1 aromatic rings. The summed E-state index contributed by atoms with van der Waals surface area (Å²) < 4.78 is 6.05. The van der Waals surface area contributed by atoms with Crippen LogP contribution in [-0.2, 0) is 16.8 Å². The Bertz CT molecular complexity index is 393. The summed E-state index contributed by atoms with van der Waals surface area (Å²) in [5.74, 6) is 0.855. The summed E-state index contributed by atoms with van der Waals surface area (Å²) in [6.45, 7) is 4.86. The van der Waals surface area contributed by atoms with Crippen LogP contribution >= 0.6 is 0 Å². The number of ether oxygens (including phenoxy) is 1. The van der Waals surface area contributed by atoms with E-state index in [1.54, 1.807) is 0 Å². The van der Waals surface area contributed by atoms with E-state index in [0.717, 1.165) is 37.1 Å². The average molecular weight is 277 g/mol. The Labute approximate surface area is 122 Å². The molecule has 1 unspecified atom stereocenters. The van der Waals surface area contributed by atoms with E-state index in [1.807, 2.05) is 19.3 Å². The topological polar surface area (TPSA) is 61.0 Å². The summed E-state index contributed by atoms with van der Waals surface area (Å²) in [5.41, 5.74) is 6.84. The first-order valence-corrected chi connectivity index (χ1v) is 7.91. The molecule has 4 nitrogen and oxygen atoms in total. The van der Waals surface area contributed by atoms with E-state index in [0.29, 0.717) is 6.61 Å². The number of aromatic nitrogens is 2. The number of nitrogens with two attached hydrogens (primary N) is 1. The van der Waals surface area contributed by atoms with Crippen molar-refractivity contribution in [1.82, 2.24) is 9.97 Å². The quantitative estimate of drug-likeness (QED) is 0.868. The summed E-state index contributed by atoms with van der Waals surface area (Å²) in [7, 11) is 0. The highest BCUT2D eigenvalue weighted by Gasteiger charge is 2.37. The van der Waals surface area contributed by atoms with Crippen molar-refractivity contribution in [2.45, 2.75) is 70.4 Å². The lowest BCUT2D eigenvalue weighted by Gasteiger charge is -2.35. The van der Waals surface area contributed by atoms with Crippen LogP contribution in [0.25, 0.3) is 0 Å². The van der Waals surface area contributed by atoms with Crippen LogP contribution < -0.4 is 5.73 Å². The van der Waals surface area contributed by atoms with Crippen molar-refractivity contribution in [3.05, 3.63) is 23.8 Å². The standard InChI is InChI=1S/C16H27N3O/c1-3-14(17)10-13-11-18-15(19-12-13)16(20-4-2)8-6-5-7-9-16/h11-12,14H,3-10,17H2,1-2H3. The van der Waals surface area contributed by atoms with E-state index >= 15 is 0 Å². The maximum absolute atomic E-state index is 6.05. The molecule has 4 heteroatoms. The maximum Gasteiger partial charge on any atom is 0.160 e. The fraction of sp³-hybridized carbons (Fsp3) is 0.750. The van der Waals surface area contributed by atoms with Gasteiger partial charge < -0.3 is 10.5 Å². The molecule has 112 valence electrons. The molecular weight excluding hydrogens is 250 g/mol. The molecule has 0 saturated heterocycles. The van der Waals surface area contributed by atoms with Crippen LogP contribution in [0.3, 0.4) is 0 Å². The Hall–Kier alpha value is -1.00. The van der Waals surface area contributed by atoms with Gasteiger partial charge in [-0.1, -0.05) is 26.2 Å². The highest BCUT2D eigenvalue weighted by atomic mass is 16.5. The van der Waals surface area contributed by atoms with E-state index in [1.165, 1.54) is 19.3 Å². The van der Waals surface area contributed by atoms with E-state index in [4.69, 9.17) is 10.5 Å². The Kier molecular flexibility index (Phi) is 5.49. The highest BCUT2D eigenvalue weighted by molar-refractivity contribution is 5.11. The van der Waals surface area contributed by atoms with Crippen molar-refractivity contribution in [1.29, 1.82) is 0 Å². The number of hydrogen-bond donors (Lipinski definition) is 1. The molecule has 1 saturated carbocycles. The van der Waals surface area contributed by atoms with Crippen LogP contribution in [0.1, 0.15) is 63.8 Å². The second kappa shape index (κ2) is 7.14. The lowest BCUT2D eigenvalue weighted by atomic mass is 9.84. The van der Waals surface area contributed by atoms with Gasteiger partial charge in [-0.3, -0.25) is 0 Å². The van der Waals surface area contributed by atoms with Gasteiger partial charge in [-0.05, 0) is 38.2 Å². The molecule has 20 heavy (non-hydrogen) atoms. The Balaban J connectivity index is 2.13. The fourth-order valence-corrected chi connectivity index (χ4v) is 2.97. The molecule has 0 aliphatic heterocycles. The largest absolute Gasteiger partial charge is 0.367 e. The van der Waals surface area contributed by atoms with Crippen LogP contribution in [-0.4, -0.2) is 22.6 Å². The summed E-state index contributed by atoms with van der Waals surface area (Å²) in [6, 6.07) is 0.194. The summed E-state index contributed by atoms with van der Waals surface area (Å²) in [5, 5.41) is 0. The summed E-state index contributed by atoms with van der Waals surface area (Å²) in [4.78, 5) is 9.18. The lowest BCUT2D eigenvalue weighted by Crippen LogP contribution is -2.34. The molecule has 2 N–H and O–H groups in total. The van der Waals surface area contributed by atoms with E-state index in [-0.39, 0.29) is 11.6 Å². The number of nitrogens with zero attached hydrogens (tertiary/aromatic N) is 2. The molecule has 0 aromatic carbocycles. The molecule has 1 aliphatic carbocycles. The third kappa shape index (κ3) is 3.55. The minimum absolute atomic E-state index is 0.194. The third-order valence-corrected chi connectivity index (χ3v) is 4.22. The highest BCUT2D eigenvalue weighted by Crippen LogP contribution is 2.38. The first kappa shape index (κ1) is 15.4. The second-order valence-corrected chi connectivity index (χ2v) is 5.78. The molecule has 0 amide bonds. The van der Waals surface area contributed by atoms with Crippen LogP contribution in [0.15, 0.2) is 12.4 Å². The van der Waals surface area contributed by atoms with Gasteiger partial charge >= 0.3 is 0 Å². The predicted octanol–water partition coefficient (Wildman–Crippen LogP) is 2.95. The smallest absolute Gasteiger partial charge is 0.160 e. The van der Waals surface area contributed by atoms with Gasteiger partial charge in [-0.15, -0.1) is 0 Å². The second-order valence-electron chi connectivity index (χ2n) is 5.78. The van der Waals surface area contributed by atoms with Crippen molar-refractivity contribution in [3.8, 4) is 0 Å². The number of hydrogen-bond acceptors (Lipinski definition) is 4. The summed E-state index contributed by atoms with van der Waals surface area (Å²) >= 11 is 0. The Morgan fingerprint density at radius 3 is 2.40 bits per heavy atom. The van der Waals surface area contributed by atoms with Gasteiger partial charge in [0.25, 0.3) is 0 Å².